The Morgan fingerprint density at radius 2 is 1.26 bits per heavy atom. The van der Waals surface area contributed by atoms with Crippen molar-refractivity contribution in [2.24, 2.45) is 15.6 Å². The molecular weight excluding hydrogens is 286 g/mol. The van der Waals surface area contributed by atoms with E-state index < -0.39 is 0 Å². The Labute approximate surface area is 137 Å². The molecule has 23 heavy (non-hydrogen) atoms. The SMILES string of the molecule is CN(C)c1ccc(N=Nc2ccc(C(=O)C(C)(C)C)cc2)cc1. The lowest BCUT2D eigenvalue weighted by molar-refractivity contribution is 0.0858. The van der Waals surface area contributed by atoms with Crippen molar-refractivity contribution < 1.29 is 4.79 Å². The number of ketones is 1. The fourth-order valence-electron chi connectivity index (χ4n) is 2.05. The van der Waals surface area contributed by atoms with Crippen molar-refractivity contribution in [1.82, 2.24) is 0 Å². The summed E-state index contributed by atoms with van der Waals surface area (Å²) in [7, 11) is 3.99. The zero-order valence-corrected chi connectivity index (χ0v) is 14.4. The zero-order valence-electron chi connectivity index (χ0n) is 14.4. The third kappa shape index (κ3) is 4.49. The van der Waals surface area contributed by atoms with Gasteiger partial charge in [0, 0.05) is 30.8 Å². The van der Waals surface area contributed by atoms with Crippen molar-refractivity contribution in [1.29, 1.82) is 0 Å². The maximum absolute atomic E-state index is 12.2. The van der Waals surface area contributed by atoms with Crippen LogP contribution in [0, 0.1) is 5.41 Å². The van der Waals surface area contributed by atoms with E-state index in [1.165, 1.54) is 0 Å². The number of nitrogens with zero attached hydrogens (tertiary/aromatic N) is 3. The average molecular weight is 309 g/mol. The molecule has 0 radical (unpaired) electrons. The first-order valence-corrected chi connectivity index (χ1v) is 7.61. The zero-order chi connectivity index (χ0) is 17.0. The summed E-state index contributed by atoms with van der Waals surface area (Å²) in [6.45, 7) is 5.75. The lowest BCUT2D eigenvalue weighted by Crippen LogP contribution is -2.19. The minimum Gasteiger partial charge on any atom is -0.378 e. The van der Waals surface area contributed by atoms with Gasteiger partial charge in [-0.05, 0) is 48.5 Å². The van der Waals surface area contributed by atoms with Crippen LogP contribution in [0.1, 0.15) is 31.1 Å². The summed E-state index contributed by atoms with van der Waals surface area (Å²) in [5.41, 5.74) is 2.97. The maximum atomic E-state index is 12.2. The first kappa shape index (κ1) is 16.9. The van der Waals surface area contributed by atoms with Gasteiger partial charge in [0.25, 0.3) is 0 Å². The van der Waals surface area contributed by atoms with Crippen LogP contribution < -0.4 is 4.90 Å². The topological polar surface area (TPSA) is 45.0 Å². The highest BCUT2D eigenvalue weighted by atomic mass is 16.1. The molecule has 0 aliphatic rings. The molecule has 2 rings (SSSR count). The van der Waals surface area contributed by atoms with E-state index in [1.807, 2.05) is 76.2 Å². The number of carbonyl (C=O) groups is 1. The number of hydrogen-bond acceptors (Lipinski definition) is 4. The fourth-order valence-corrected chi connectivity index (χ4v) is 2.05. The minimum absolute atomic E-state index is 0.125. The largest absolute Gasteiger partial charge is 0.378 e. The molecule has 0 saturated heterocycles. The Morgan fingerprint density at radius 1 is 0.826 bits per heavy atom. The highest BCUT2D eigenvalue weighted by Crippen LogP contribution is 2.24. The van der Waals surface area contributed by atoms with Gasteiger partial charge in [-0.15, -0.1) is 0 Å². The second-order valence-electron chi connectivity index (χ2n) is 6.74. The van der Waals surface area contributed by atoms with Crippen LogP contribution in [0.4, 0.5) is 17.1 Å². The van der Waals surface area contributed by atoms with Gasteiger partial charge in [0.2, 0.25) is 0 Å². The molecule has 0 aliphatic heterocycles. The van der Waals surface area contributed by atoms with Crippen LogP contribution in [0.2, 0.25) is 0 Å². The van der Waals surface area contributed by atoms with Crippen LogP contribution in [0.25, 0.3) is 0 Å². The van der Waals surface area contributed by atoms with Gasteiger partial charge in [-0.3, -0.25) is 4.79 Å². The van der Waals surface area contributed by atoms with Crippen LogP contribution >= 0.6 is 0 Å². The number of carbonyl (C=O) groups excluding carboxylic acids is 1. The van der Waals surface area contributed by atoms with E-state index in [2.05, 4.69) is 10.2 Å². The monoisotopic (exact) mass is 309 g/mol. The molecule has 0 fully saturated rings. The Bertz CT molecular complexity index is 693. The lowest BCUT2D eigenvalue weighted by atomic mass is 9.86. The molecule has 0 atom stereocenters. The standard InChI is InChI=1S/C19H23N3O/c1-19(2,3)18(23)14-6-8-15(9-7-14)20-21-16-10-12-17(13-11-16)22(4)5/h6-13H,1-5H3. The molecule has 0 heterocycles. The van der Waals surface area contributed by atoms with Crippen molar-refractivity contribution in [2.45, 2.75) is 20.8 Å². The second kappa shape index (κ2) is 6.73. The number of benzene rings is 2. The molecule has 0 saturated carbocycles. The summed E-state index contributed by atoms with van der Waals surface area (Å²) in [5, 5.41) is 8.44. The van der Waals surface area contributed by atoms with E-state index in [0.717, 1.165) is 17.1 Å². The molecule has 0 N–H and O–H groups in total. The van der Waals surface area contributed by atoms with Gasteiger partial charge in [-0.25, -0.2) is 0 Å². The maximum Gasteiger partial charge on any atom is 0.168 e. The molecule has 120 valence electrons. The Morgan fingerprint density at radius 3 is 1.65 bits per heavy atom. The van der Waals surface area contributed by atoms with Gasteiger partial charge < -0.3 is 4.90 Å². The summed E-state index contributed by atoms with van der Waals surface area (Å²) < 4.78 is 0. The molecule has 4 heteroatoms. The first-order valence-electron chi connectivity index (χ1n) is 7.61. The molecule has 0 amide bonds. The second-order valence-corrected chi connectivity index (χ2v) is 6.74. The highest BCUT2D eigenvalue weighted by Gasteiger charge is 2.22. The van der Waals surface area contributed by atoms with Crippen LogP contribution in [0.3, 0.4) is 0 Å². The van der Waals surface area contributed by atoms with Crippen molar-refractivity contribution in [3.05, 3.63) is 54.1 Å². The quantitative estimate of drug-likeness (QED) is 0.561. The Hall–Kier alpha value is -2.49. The number of anilines is 1. The lowest BCUT2D eigenvalue weighted by Gasteiger charge is -2.16. The first-order chi connectivity index (χ1) is 10.8. The van der Waals surface area contributed by atoms with E-state index in [1.54, 1.807) is 12.1 Å². The van der Waals surface area contributed by atoms with Gasteiger partial charge in [0.1, 0.15) is 0 Å². The minimum atomic E-state index is -0.378. The third-order valence-corrected chi connectivity index (χ3v) is 3.46. The van der Waals surface area contributed by atoms with Crippen LogP contribution in [-0.4, -0.2) is 19.9 Å². The summed E-state index contributed by atoms with van der Waals surface area (Å²) in [6.07, 6.45) is 0. The summed E-state index contributed by atoms with van der Waals surface area (Å²) in [4.78, 5) is 14.2. The van der Waals surface area contributed by atoms with Crippen molar-refractivity contribution in [3.8, 4) is 0 Å². The van der Waals surface area contributed by atoms with Crippen LogP contribution in [0.5, 0.6) is 0 Å². The molecule has 0 aromatic heterocycles. The van der Waals surface area contributed by atoms with Crippen LogP contribution in [0.15, 0.2) is 58.8 Å². The van der Waals surface area contributed by atoms with E-state index in [9.17, 15) is 4.79 Å². The smallest absolute Gasteiger partial charge is 0.168 e. The normalized spacial score (nSPS) is 11.7. The van der Waals surface area contributed by atoms with Gasteiger partial charge >= 0.3 is 0 Å². The van der Waals surface area contributed by atoms with E-state index in [4.69, 9.17) is 0 Å². The highest BCUT2D eigenvalue weighted by molar-refractivity contribution is 5.99. The molecule has 4 nitrogen and oxygen atoms in total. The number of hydrogen-bond donors (Lipinski definition) is 0. The number of azo groups is 1. The molecule has 0 unspecified atom stereocenters. The van der Waals surface area contributed by atoms with E-state index >= 15 is 0 Å². The molecule has 0 aliphatic carbocycles. The molecule has 2 aromatic rings. The number of Topliss-reactive ketones (excluding diaryl/α,β-unsaturated/α-hetero) is 1. The summed E-state index contributed by atoms with van der Waals surface area (Å²) in [5.74, 6) is 0.125. The van der Waals surface area contributed by atoms with Gasteiger partial charge in [0.05, 0.1) is 11.4 Å². The van der Waals surface area contributed by atoms with Crippen molar-refractivity contribution in [3.63, 3.8) is 0 Å². The molecule has 0 bridgehead atoms. The summed E-state index contributed by atoms with van der Waals surface area (Å²) in [6, 6.07) is 15.1. The van der Waals surface area contributed by atoms with Gasteiger partial charge in [-0.2, -0.15) is 10.2 Å². The summed E-state index contributed by atoms with van der Waals surface area (Å²) >= 11 is 0. The van der Waals surface area contributed by atoms with Gasteiger partial charge in [-0.1, -0.05) is 20.8 Å². The van der Waals surface area contributed by atoms with Crippen LogP contribution in [-0.2, 0) is 0 Å². The molecular formula is C19H23N3O. The van der Waals surface area contributed by atoms with Gasteiger partial charge in [0.15, 0.2) is 5.78 Å². The van der Waals surface area contributed by atoms with Crippen molar-refractivity contribution >= 4 is 22.8 Å². The average Bonchev–Trinajstić information content (AvgIpc) is 2.52. The van der Waals surface area contributed by atoms with E-state index in [0.29, 0.717) is 5.56 Å². The molecule has 0 spiro atoms. The third-order valence-electron chi connectivity index (χ3n) is 3.46. The predicted molar refractivity (Wildman–Crippen MR) is 95.2 cm³/mol. The number of rotatable bonds is 4. The Kier molecular flexibility index (Phi) is 4.94. The van der Waals surface area contributed by atoms with E-state index in [-0.39, 0.29) is 11.2 Å². The predicted octanol–water partition coefficient (Wildman–Crippen LogP) is 5.40. The Balaban J connectivity index is 2.10. The molecule has 2 aromatic carbocycles. The van der Waals surface area contributed by atoms with Crippen molar-refractivity contribution in [2.75, 3.05) is 19.0 Å². The fraction of sp³-hybridized carbons (Fsp3) is 0.316.